The molecule has 14 heavy (non-hydrogen) atoms. The van der Waals surface area contributed by atoms with E-state index >= 15 is 0 Å². The van der Waals surface area contributed by atoms with E-state index in [1.807, 2.05) is 18.2 Å². The van der Waals surface area contributed by atoms with E-state index < -0.39 is 0 Å². The Morgan fingerprint density at radius 3 is 3.00 bits per heavy atom. The molecule has 0 saturated heterocycles. The molecular formula is C11H18N2O. The zero-order chi connectivity index (χ0) is 10.2. The van der Waals surface area contributed by atoms with Gasteiger partial charge in [0.1, 0.15) is 0 Å². The summed E-state index contributed by atoms with van der Waals surface area (Å²) in [6.07, 6.45) is 1.04. The van der Waals surface area contributed by atoms with Gasteiger partial charge in [-0.25, -0.2) is 0 Å². The first-order valence-electron chi connectivity index (χ1n) is 4.87. The van der Waals surface area contributed by atoms with Gasteiger partial charge in [-0.05, 0) is 30.7 Å². The largest absolute Gasteiger partial charge is 0.399 e. The van der Waals surface area contributed by atoms with E-state index in [-0.39, 0.29) is 0 Å². The van der Waals surface area contributed by atoms with Crippen molar-refractivity contribution in [3.05, 3.63) is 29.8 Å². The van der Waals surface area contributed by atoms with Crippen LogP contribution in [0.4, 0.5) is 5.69 Å². The van der Waals surface area contributed by atoms with E-state index in [0.29, 0.717) is 0 Å². The topological polar surface area (TPSA) is 47.3 Å². The van der Waals surface area contributed by atoms with Crippen molar-refractivity contribution in [2.24, 2.45) is 0 Å². The molecular weight excluding hydrogens is 176 g/mol. The molecule has 0 aromatic heterocycles. The summed E-state index contributed by atoms with van der Waals surface area (Å²) in [5.41, 5.74) is 7.71. The van der Waals surface area contributed by atoms with Gasteiger partial charge in [-0.15, -0.1) is 0 Å². The number of nitrogen functional groups attached to an aromatic ring is 1. The lowest BCUT2D eigenvalue weighted by Gasteiger charge is -2.04. The van der Waals surface area contributed by atoms with E-state index in [1.54, 1.807) is 7.11 Å². The van der Waals surface area contributed by atoms with Gasteiger partial charge in [0.05, 0.1) is 0 Å². The first kappa shape index (κ1) is 11.0. The molecule has 0 atom stereocenters. The standard InChI is InChI=1S/C11H18N2O/c1-14-7-3-6-13-9-10-4-2-5-11(12)8-10/h2,4-5,8,13H,3,6-7,9,12H2,1H3. The average Bonchev–Trinajstić information content (AvgIpc) is 2.18. The van der Waals surface area contributed by atoms with Gasteiger partial charge < -0.3 is 15.8 Å². The third kappa shape index (κ3) is 4.25. The highest BCUT2D eigenvalue weighted by atomic mass is 16.5. The molecule has 3 N–H and O–H groups in total. The van der Waals surface area contributed by atoms with Crippen molar-refractivity contribution in [3.63, 3.8) is 0 Å². The van der Waals surface area contributed by atoms with Crippen molar-refractivity contribution >= 4 is 5.69 Å². The summed E-state index contributed by atoms with van der Waals surface area (Å²) in [6, 6.07) is 7.93. The first-order chi connectivity index (χ1) is 6.83. The third-order valence-corrected chi connectivity index (χ3v) is 1.98. The van der Waals surface area contributed by atoms with E-state index in [0.717, 1.165) is 31.8 Å². The normalized spacial score (nSPS) is 10.4. The van der Waals surface area contributed by atoms with Gasteiger partial charge in [0.15, 0.2) is 0 Å². The molecule has 0 fully saturated rings. The molecule has 0 unspecified atom stereocenters. The summed E-state index contributed by atoms with van der Waals surface area (Å²) in [4.78, 5) is 0. The second-order valence-electron chi connectivity index (χ2n) is 3.27. The van der Waals surface area contributed by atoms with Crippen molar-refractivity contribution in [1.29, 1.82) is 0 Å². The molecule has 1 aromatic rings. The monoisotopic (exact) mass is 194 g/mol. The van der Waals surface area contributed by atoms with Gasteiger partial charge in [0, 0.05) is 25.9 Å². The minimum atomic E-state index is 0.809. The molecule has 3 heteroatoms. The van der Waals surface area contributed by atoms with Crippen LogP contribution in [0.15, 0.2) is 24.3 Å². The van der Waals surface area contributed by atoms with Gasteiger partial charge in [-0.3, -0.25) is 0 Å². The predicted octanol–water partition coefficient (Wildman–Crippen LogP) is 1.39. The van der Waals surface area contributed by atoms with Crippen molar-refractivity contribution in [2.75, 3.05) is 26.0 Å². The molecule has 0 radical (unpaired) electrons. The van der Waals surface area contributed by atoms with Crippen LogP contribution in [0.25, 0.3) is 0 Å². The number of nitrogens with two attached hydrogens (primary N) is 1. The molecule has 1 rings (SSSR count). The number of methoxy groups -OCH3 is 1. The van der Waals surface area contributed by atoms with Crippen LogP contribution in [-0.4, -0.2) is 20.3 Å². The second-order valence-corrected chi connectivity index (χ2v) is 3.27. The number of rotatable bonds is 6. The number of nitrogens with one attached hydrogen (secondary N) is 1. The predicted molar refractivity (Wildman–Crippen MR) is 59.1 cm³/mol. The van der Waals surface area contributed by atoms with Crippen LogP contribution in [0.2, 0.25) is 0 Å². The zero-order valence-electron chi connectivity index (χ0n) is 8.62. The summed E-state index contributed by atoms with van der Waals surface area (Å²) in [5, 5.41) is 3.33. The fourth-order valence-corrected chi connectivity index (χ4v) is 1.28. The zero-order valence-corrected chi connectivity index (χ0v) is 8.62. The number of ether oxygens (including phenoxy) is 1. The Labute approximate surface area is 85.3 Å². The van der Waals surface area contributed by atoms with Gasteiger partial charge in [0.2, 0.25) is 0 Å². The smallest absolute Gasteiger partial charge is 0.0474 e. The van der Waals surface area contributed by atoms with Crippen LogP contribution in [0.3, 0.4) is 0 Å². The number of hydrogen-bond donors (Lipinski definition) is 2. The second kappa shape index (κ2) is 6.40. The Hall–Kier alpha value is -1.06. The maximum atomic E-state index is 5.66. The van der Waals surface area contributed by atoms with Crippen molar-refractivity contribution in [3.8, 4) is 0 Å². The third-order valence-electron chi connectivity index (χ3n) is 1.98. The van der Waals surface area contributed by atoms with E-state index in [1.165, 1.54) is 5.56 Å². The quantitative estimate of drug-likeness (QED) is 0.531. The minimum absolute atomic E-state index is 0.809. The highest BCUT2D eigenvalue weighted by molar-refractivity contribution is 5.40. The molecule has 0 amide bonds. The molecule has 0 saturated carbocycles. The number of benzene rings is 1. The van der Waals surface area contributed by atoms with Gasteiger partial charge in [-0.1, -0.05) is 12.1 Å². The van der Waals surface area contributed by atoms with Crippen LogP contribution in [0.5, 0.6) is 0 Å². The Morgan fingerprint density at radius 2 is 2.29 bits per heavy atom. The Morgan fingerprint density at radius 1 is 1.43 bits per heavy atom. The maximum Gasteiger partial charge on any atom is 0.0474 e. The van der Waals surface area contributed by atoms with Crippen LogP contribution in [-0.2, 0) is 11.3 Å². The van der Waals surface area contributed by atoms with Gasteiger partial charge in [0.25, 0.3) is 0 Å². The fourth-order valence-electron chi connectivity index (χ4n) is 1.28. The van der Waals surface area contributed by atoms with Crippen molar-refractivity contribution < 1.29 is 4.74 Å². The van der Waals surface area contributed by atoms with Crippen LogP contribution >= 0.6 is 0 Å². The summed E-state index contributed by atoms with van der Waals surface area (Å²) < 4.78 is 4.95. The highest BCUT2D eigenvalue weighted by Crippen LogP contribution is 2.05. The lowest BCUT2D eigenvalue weighted by molar-refractivity contribution is 0.194. The molecule has 78 valence electrons. The Kier molecular flexibility index (Phi) is 5.04. The number of hydrogen-bond acceptors (Lipinski definition) is 3. The van der Waals surface area contributed by atoms with Crippen LogP contribution < -0.4 is 11.1 Å². The fraction of sp³-hybridized carbons (Fsp3) is 0.455. The van der Waals surface area contributed by atoms with Gasteiger partial charge >= 0.3 is 0 Å². The Balaban J connectivity index is 2.18. The molecule has 3 nitrogen and oxygen atoms in total. The summed E-state index contributed by atoms with van der Waals surface area (Å²) in [7, 11) is 1.72. The summed E-state index contributed by atoms with van der Waals surface area (Å²) >= 11 is 0. The van der Waals surface area contributed by atoms with Crippen LogP contribution in [0.1, 0.15) is 12.0 Å². The Bertz CT molecular complexity index is 263. The SMILES string of the molecule is COCCCNCc1cccc(N)c1. The van der Waals surface area contributed by atoms with Crippen LogP contribution in [0, 0.1) is 0 Å². The molecule has 0 heterocycles. The maximum absolute atomic E-state index is 5.66. The molecule has 0 aliphatic heterocycles. The van der Waals surface area contributed by atoms with E-state index in [9.17, 15) is 0 Å². The van der Waals surface area contributed by atoms with Crippen molar-refractivity contribution in [1.82, 2.24) is 5.32 Å². The highest BCUT2D eigenvalue weighted by Gasteiger charge is 1.92. The van der Waals surface area contributed by atoms with E-state index in [2.05, 4.69) is 11.4 Å². The minimum Gasteiger partial charge on any atom is -0.399 e. The van der Waals surface area contributed by atoms with Gasteiger partial charge in [-0.2, -0.15) is 0 Å². The average molecular weight is 194 g/mol. The molecule has 0 aliphatic carbocycles. The summed E-state index contributed by atoms with van der Waals surface area (Å²) in [6.45, 7) is 2.65. The molecule has 1 aromatic carbocycles. The lowest BCUT2D eigenvalue weighted by atomic mass is 10.2. The van der Waals surface area contributed by atoms with E-state index in [4.69, 9.17) is 10.5 Å². The number of anilines is 1. The van der Waals surface area contributed by atoms with Crippen molar-refractivity contribution in [2.45, 2.75) is 13.0 Å². The molecule has 0 bridgehead atoms. The molecule has 0 aliphatic rings. The summed E-state index contributed by atoms with van der Waals surface area (Å²) in [5.74, 6) is 0. The lowest BCUT2D eigenvalue weighted by Crippen LogP contribution is -2.16. The first-order valence-corrected chi connectivity index (χ1v) is 4.87. The molecule has 0 spiro atoms.